The van der Waals surface area contributed by atoms with Crippen LogP contribution in [0.5, 0.6) is 0 Å². The molecule has 0 aromatic heterocycles. The Morgan fingerprint density at radius 2 is 1.86 bits per heavy atom. The van der Waals surface area contributed by atoms with Crippen LogP contribution in [0.15, 0.2) is 0 Å². The van der Waals surface area contributed by atoms with Crippen molar-refractivity contribution in [2.24, 2.45) is 0 Å². The van der Waals surface area contributed by atoms with Crippen LogP contribution in [0, 0.1) is 0 Å². The van der Waals surface area contributed by atoms with E-state index in [0.29, 0.717) is 0 Å². The summed E-state index contributed by atoms with van der Waals surface area (Å²) in [5.41, 5.74) is 0. The topological polar surface area (TPSA) is 46.5 Å². The first-order chi connectivity index (χ1) is 2.56. The van der Waals surface area contributed by atoms with Crippen LogP contribution in [0.25, 0.3) is 0 Å². The van der Waals surface area contributed by atoms with Crippen molar-refractivity contribution < 1.29 is 46.7 Å². The third-order valence-electron chi connectivity index (χ3n) is 0.339. The molecule has 1 atom stereocenters. The second kappa shape index (κ2) is 4.16. The largest absolute Gasteiger partial charge is 0.324 e. The van der Waals surface area contributed by atoms with E-state index in [1.54, 1.807) is 0 Å². The van der Waals surface area contributed by atoms with Crippen molar-refractivity contribution in [1.29, 1.82) is 0 Å². The third kappa shape index (κ3) is 11.1. The van der Waals surface area contributed by atoms with E-state index in [1.165, 1.54) is 7.11 Å². The van der Waals surface area contributed by atoms with Gasteiger partial charge in [0.25, 0.3) is 0 Å². The van der Waals surface area contributed by atoms with Gasteiger partial charge < -0.3 is 9.42 Å². The summed E-state index contributed by atoms with van der Waals surface area (Å²) < 4.78 is 14.0. The first kappa shape index (κ1) is 11.1. The van der Waals surface area contributed by atoms with Crippen molar-refractivity contribution >= 4 is 7.60 Å². The van der Waals surface area contributed by atoms with Crippen molar-refractivity contribution in [3.8, 4) is 0 Å². The van der Waals surface area contributed by atoms with Gasteiger partial charge in [0.05, 0.1) is 0 Å². The maximum Gasteiger partial charge on any atom is 0.324 e. The summed E-state index contributed by atoms with van der Waals surface area (Å²) in [7, 11) is -1.95. The van der Waals surface area contributed by atoms with Gasteiger partial charge >= 0.3 is 7.60 Å². The summed E-state index contributed by atoms with van der Waals surface area (Å²) >= 11 is 0. The van der Waals surface area contributed by atoms with Gasteiger partial charge in [0.2, 0.25) is 0 Å². The van der Waals surface area contributed by atoms with Crippen LogP contribution in [-0.2, 0) is 41.8 Å². The Hall–Kier alpha value is 1.25. The Morgan fingerprint density at radius 3 is 1.86 bits per heavy atom. The summed E-state index contributed by atoms with van der Waals surface area (Å²) in [6.07, 6.45) is 0. The molecule has 1 N–H and O–H groups in total. The molecule has 0 spiro atoms. The van der Waals surface area contributed by atoms with Crippen molar-refractivity contribution in [2.45, 2.75) is 0 Å². The summed E-state index contributed by atoms with van der Waals surface area (Å²) in [5.74, 6) is 0. The Balaban J connectivity index is 0. The van der Waals surface area contributed by atoms with Gasteiger partial charge in [-0.15, -0.1) is 0 Å². The molecule has 3 nitrogen and oxygen atoms in total. The molecule has 0 saturated carbocycles. The SMILES string of the molecule is COP(C)(=O)O.[Y]. The molecule has 0 rings (SSSR count). The Kier molecular flexibility index (Phi) is 6.61. The maximum absolute atomic E-state index is 9.92. The molecule has 0 heterocycles. The molecule has 0 fully saturated rings. The molecule has 41 valence electrons. The molecule has 0 aliphatic carbocycles. The van der Waals surface area contributed by atoms with Gasteiger partial charge in [-0.2, -0.15) is 0 Å². The second-order valence-corrected chi connectivity index (χ2v) is 2.96. The summed E-state index contributed by atoms with van der Waals surface area (Å²) in [6.45, 7) is 1.13. The minimum Gasteiger partial charge on any atom is -0.324 e. The Bertz CT molecular complexity index is 77.0. The summed E-state index contributed by atoms with van der Waals surface area (Å²) in [5, 5.41) is 0. The molecule has 0 bridgehead atoms. The van der Waals surface area contributed by atoms with E-state index in [4.69, 9.17) is 4.89 Å². The van der Waals surface area contributed by atoms with E-state index in [1.807, 2.05) is 0 Å². The molecule has 1 unspecified atom stereocenters. The minimum atomic E-state index is -3.15. The predicted molar refractivity (Wildman–Crippen MR) is 22.8 cm³/mol. The van der Waals surface area contributed by atoms with E-state index < -0.39 is 7.60 Å². The predicted octanol–water partition coefficient (Wildman–Crippen LogP) is 0.445. The molecule has 0 amide bonds. The van der Waals surface area contributed by atoms with Crippen LogP contribution in [-0.4, -0.2) is 18.7 Å². The number of rotatable bonds is 1. The second-order valence-electron chi connectivity index (χ2n) is 0.986. The van der Waals surface area contributed by atoms with E-state index in [0.717, 1.165) is 6.66 Å². The molecule has 0 aliphatic rings. The fourth-order valence-electron chi connectivity index (χ4n) is 0. The number of hydrogen-bond donors (Lipinski definition) is 1. The molecule has 7 heavy (non-hydrogen) atoms. The smallest absolute Gasteiger partial charge is 0.324 e. The van der Waals surface area contributed by atoms with E-state index >= 15 is 0 Å². The first-order valence-electron chi connectivity index (χ1n) is 1.42. The zero-order valence-corrected chi connectivity index (χ0v) is 8.02. The summed E-state index contributed by atoms with van der Waals surface area (Å²) in [6, 6.07) is 0. The molecule has 0 aliphatic heterocycles. The van der Waals surface area contributed by atoms with Gasteiger partial charge in [-0.05, 0) is 0 Å². The van der Waals surface area contributed by atoms with Gasteiger partial charge in [-0.1, -0.05) is 0 Å². The Morgan fingerprint density at radius 1 is 1.71 bits per heavy atom. The van der Waals surface area contributed by atoms with Crippen LogP contribution < -0.4 is 0 Å². The monoisotopic (exact) mass is 199 g/mol. The van der Waals surface area contributed by atoms with Gasteiger partial charge in [-0.3, -0.25) is 4.57 Å². The molecular weight excluding hydrogens is 192 g/mol. The van der Waals surface area contributed by atoms with Crippen LogP contribution in [0.2, 0.25) is 0 Å². The van der Waals surface area contributed by atoms with E-state index in [2.05, 4.69) is 4.52 Å². The zero-order chi connectivity index (χ0) is 5.21. The fraction of sp³-hybridized carbons (Fsp3) is 1.00. The average molecular weight is 199 g/mol. The van der Waals surface area contributed by atoms with E-state index in [9.17, 15) is 4.57 Å². The third-order valence-corrected chi connectivity index (χ3v) is 1.02. The number of hydrogen-bond acceptors (Lipinski definition) is 2. The molecular formula is C2H7O3PY. The van der Waals surface area contributed by atoms with Gasteiger partial charge in [-0.25, -0.2) is 0 Å². The van der Waals surface area contributed by atoms with Crippen molar-refractivity contribution in [2.75, 3.05) is 13.8 Å². The molecule has 1 radical (unpaired) electrons. The van der Waals surface area contributed by atoms with Crippen LogP contribution in [0.4, 0.5) is 0 Å². The van der Waals surface area contributed by atoms with Crippen LogP contribution in [0.3, 0.4) is 0 Å². The normalized spacial score (nSPS) is 17.0. The van der Waals surface area contributed by atoms with Gasteiger partial charge in [0.1, 0.15) is 0 Å². The average Bonchev–Trinajstić information content (AvgIpc) is 1.35. The Labute approximate surface area is 67.9 Å². The van der Waals surface area contributed by atoms with Crippen LogP contribution >= 0.6 is 7.60 Å². The van der Waals surface area contributed by atoms with Crippen LogP contribution in [0.1, 0.15) is 0 Å². The first-order valence-corrected chi connectivity index (χ1v) is 3.45. The molecule has 5 heteroatoms. The van der Waals surface area contributed by atoms with Crippen molar-refractivity contribution in [1.82, 2.24) is 0 Å². The van der Waals surface area contributed by atoms with Crippen molar-refractivity contribution in [3.05, 3.63) is 0 Å². The molecule has 0 saturated heterocycles. The van der Waals surface area contributed by atoms with Gasteiger partial charge in [0, 0.05) is 46.5 Å². The molecule has 0 aromatic carbocycles. The standard InChI is InChI=1S/C2H7O3P.Y/c1-5-6(2,3)4;/h1-2H3,(H,3,4);. The zero-order valence-electron chi connectivity index (χ0n) is 4.29. The maximum atomic E-state index is 9.92. The quantitative estimate of drug-likeness (QED) is 0.623. The van der Waals surface area contributed by atoms with Crippen molar-refractivity contribution in [3.63, 3.8) is 0 Å². The van der Waals surface area contributed by atoms with E-state index in [-0.39, 0.29) is 32.7 Å². The summed E-state index contributed by atoms with van der Waals surface area (Å²) in [4.78, 5) is 8.16. The van der Waals surface area contributed by atoms with Gasteiger partial charge in [0.15, 0.2) is 0 Å². The minimum absolute atomic E-state index is 0. The molecule has 0 aromatic rings. The fourth-order valence-corrected chi connectivity index (χ4v) is 0.